The Hall–Kier alpha value is -11.5. The Morgan fingerprint density at radius 2 is 0.444 bits per heavy atom. The quantitative estimate of drug-likeness (QED) is 0.0824. The van der Waals surface area contributed by atoms with Crippen LogP contribution in [0.5, 0.6) is 28.7 Å². The first-order chi connectivity index (χ1) is 52.8. The van der Waals surface area contributed by atoms with Crippen molar-refractivity contribution in [3.8, 4) is 28.7 Å². The fraction of sp³-hybridized carbons (Fsp3) is 0.183. The number of aliphatic imine (C=N–C) groups is 4. The van der Waals surface area contributed by atoms with E-state index in [4.69, 9.17) is 55.3 Å². The van der Waals surface area contributed by atoms with E-state index in [1.807, 2.05) is 103 Å². The molecule has 0 spiro atoms. The molecule has 544 valence electrons. The van der Waals surface area contributed by atoms with Gasteiger partial charge in [0, 0.05) is 31.3 Å². The number of hydrogen-bond acceptors (Lipinski definition) is 13. The number of halogens is 2. The molecule has 12 aromatic rings. The average Bonchev–Trinajstić information content (AvgIpc) is 1.64. The van der Waals surface area contributed by atoms with E-state index in [0.717, 1.165) is 101 Å². The van der Waals surface area contributed by atoms with E-state index in [1.54, 1.807) is 35.5 Å². The Morgan fingerprint density at radius 3 is 0.676 bits per heavy atom. The van der Waals surface area contributed by atoms with Gasteiger partial charge in [-0.2, -0.15) is 0 Å². The van der Waals surface area contributed by atoms with Crippen LogP contribution in [0, 0.1) is 3.57 Å². The zero-order valence-electron chi connectivity index (χ0n) is 62.1. The van der Waals surface area contributed by atoms with Gasteiger partial charge in [0.25, 0.3) is 0 Å². The van der Waals surface area contributed by atoms with Crippen LogP contribution >= 0.6 is 34.2 Å². The van der Waals surface area contributed by atoms with Gasteiger partial charge in [-0.15, -0.1) is 0 Å². The smallest absolute Gasteiger partial charge is 0.148 e. The highest BCUT2D eigenvalue weighted by atomic mass is 127. The maximum atomic E-state index is 6.11. The summed E-state index contributed by atoms with van der Waals surface area (Å²) in [5, 5.41) is 0.732. The van der Waals surface area contributed by atoms with Crippen LogP contribution in [0.2, 0.25) is 5.02 Å². The lowest BCUT2D eigenvalue weighted by atomic mass is 10.0. The third-order valence-corrected chi connectivity index (χ3v) is 20.9. The summed E-state index contributed by atoms with van der Waals surface area (Å²) in [6, 6.07) is 110. The van der Waals surface area contributed by atoms with Gasteiger partial charge < -0.3 is 43.3 Å². The van der Waals surface area contributed by atoms with Crippen LogP contribution < -0.4 is 43.3 Å². The van der Waals surface area contributed by atoms with E-state index in [1.165, 1.54) is 26.1 Å². The van der Waals surface area contributed by atoms with Crippen LogP contribution in [-0.2, 0) is 0 Å². The molecule has 8 atom stereocenters. The summed E-state index contributed by atoms with van der Waals surface area (Å²) in [6.45, 7) is 8.86. The second-order valence-electron chi connectivity index (χ2n) is 26.4. The Balaban J connectivity index is 0.000000127. The van der Waals surface area contributed by atoms with Gasteiger partial charge >= 0.3 is 0 Å². The maximum Gasteiger partial charge on any atom is 0.148 e. The molecule has 4 aliphatic rings. The third kappa shape index (κ3) is 17.0. The van der Waals surface area contributed by atoms with E-state index in [9.17, 15) is 0 Å². The molecular weight excluding hydrogens is 1470 g/mol. The van der Waals surface area contributed by atoms with Gasteiger partial charge in [-0.1, -0.05) is 200 Å². The lowest BCUT2D eigenvalue weighted by Crippen LogP contribution is -2.35. The molecule has 4 aliphatic heterocycles. The van der Waals surface area contributed by atoms with Crippen LogP contribution in [-0.4, -0.2) is 82.6 Å². The molecule has 0 saturated carbocycles. The van der Waals surface area contributed by atoms with Crippen molar-refractivity contribution in [2.24, 2.45) is 20.0 Å². The largest absolute Gasteiger partial charge is 0.497 e. The molecule has 0 N–H and O–H groups in total. The highest BCUT2D eigenvalue weighted by Gasteiger charge is 2.39. The van der Waals surface area contributed by atoms with Crippen LogP contribution in [0.15, 0.2) is 341 Å². The average molecular weight is 1560 g/mol. The highest BCUT2D eigenvalue weighted by Crippen LogP contribution is 2.43. The van der Waals surface area contributed by atoms with E-state index in [2.05, 4.69) is 288 Å². The topological polar surface area (TPSA) is 109 Å². The molecule has 8 unspecified atom stereocenters. The fourth-order valence-corrected chi connectivity index (χ4v) is 14.9. The van der Waals surface area contributed by atoms with Crippen molar-refractivity contribution in [3.63, 3.8) is 0 Å². The van der Waals surface area contributed by atoms with Crippen LogP contribution in [0.1, 0.15) is 96.9 Å². The third-order valence-electron chi connectivity index (χ3n) is 20.0. The SMILES string of the molecule is COc1ccc(C2N=C(c3ccccc3)C(C)N2c2ccc(Cl)cc2)cc1.COc1ccc(C2N=C(c3ccccc3)C(C)N2c2ccc(I)cc2)cc1.COc1ccc(C2N=C(c3ccccc3)C(C)N2c2ccc(OC)cc2)cc1.COc1ccc(C2N=C(c3ccccc3)C(C)N2c2ccccc2)cc1. The summed E-state index contributed by atoms with van der Waals surface area (Å²) >= 11 is 8.45. The van der Waals surface area contributed by atoms with Crippen molar-refractivity contribution >= 4 is 79.8 Å². The minimum absolute atomic E-state index is 0.0477. The van der Waals surface area contributed by atoms with Crippen molar-refractivity contribution in [1.29, 1.82) is 0 Å². The summed E-state index contributed by atoms with van der Waals surface area (Å²) < 4.78 is 27.8. The van der Waals surface area contributed by atoms with Crippen molar-refractivity contribution in [2.75, 3.05) is 55.1 Å². The standard InChI is InChI=1S/C24H24N2O2.C23H21ClN2O.C23H21IN2O.C23H22N2O/c1-17-23(18-7-5-4-6-8-18)25-24(19-9-13-21(27-2)14-10-19)26(17)20-11-15-22(28-3)16-12-20;2*1-16-22(17-6-4-3-5-7-17)25-23(18-8-14-21(27-2)15-9-18)26(16)20-12-10-19(24)11-13-20;1-17-22(18-9-5-3-6-10-18)24-23(19-13-15-21(26-2)16-14-19)25(17)20-11-7-4-8-12-20/h4-17,24H,1-3H3;2*3-16,23H,1-2H3;3-17,23H,1-2H3. The number of anilines is 4. The predicted molar refractivity (Wildman–Crippen MR) is 453 cm³/mol. The number of methoxy groups -OCH3 is 5. The number of nitrogens with zero attached hydrogens (tertiary/aromatic N) is 8. The minimum Gasteiger partial charge on any atom is -0.497 e. The monoisotopic (exact) mass is 1560 g/mol. The number of hydrogen-bond donors (Lipinski definition) is 0. The Bertz CT molecular complexity index is 4830. The normalized spacial score (nSPS) is 19.0. The van der Waals surface area contributed by atoms with Gasteiger partial charge in [0.05, 0.1) is 82.6 Å². The molecule has 0 radical (unpaired) electrons. The molecule has 4 heterocycles. The summed E-state index contributed by atoms with van der Waals surface area (Å²) in [5.41, 5.74) is 18.2. The van der Waals surface area contributed by atoms with Gasteiger partial charge in [-0.25, -0.2) is 0 Å². The second-order valence-corrected chi connectivity index (χ2v) is 28.1. The number of benzene rings is 12. The van der Waals surface area contributed by atoms with E-state index < -0.39 is 0 Å². The summed E-state index contributed by atoms with van der Waals surface area (Å²) in [7, 11) is 8.43. The number of rotatable bonds is 17. The van der Waals surface area contributed by atoms with E-state index >= 15 is 0 Å². The molecule has 16 rings (SSSR count). The van der Waals surface area contributed by atoms with Crippen molar-refractivity contribution in [2.45, 2.75) is 76.5 Å². The molecule has 12 aromatic carbocycles. The molecule has 0 amide bonds. The van der Waals surface area contributed by atoms with E-state index in [-0.39, 0.29) is 48.8 Å². The number of para-hydroxylation sites is 1. The Morgan fingerprint density at radius 1 is 0.250 bits per heavy atom. The van der Waals surface area contributed by atoms with Gasteiger partial charge in [0.1, 0.15) is 53.4 Å². The predicted octanol–water partition coefficient (Wildman–Crippen LogP) is 21.6. The Labute approximate surface area is 653 Å². The highest BCUT2D eigenvalue weighted by molar-refractivity contribution is 14.1. The molecule has 0 bridgehead atoms. The molecule has 0 saturated heterocycles. The van der Waals surface area contributed by atoms with Crippen molar-refractivity contribution < 1.29 is 23.7 Å². The van der Waals surface area contributed by atoms with Crippen LogP contribution in [0.4, 0.5) is 22.7 Å². The van der Waals surface area contributed by atoms with Gasteiger partial charge in [0.2, 0.25) is 0 Å². The zero-order valence-corrected chi connectivity index (χ0v) is 65.0. The molecular formula is C93H88ClIN8O5. The summed E-state index contributed by atoms with van der Waals surface area (Å²) in [4.78, 5) is 30.0. The molecule has 13 nitrogen and oxygen atoms in total. The summed E-state index contributed by atoms with van der Waals surface area (Å²) in [5.74, 6) is 4.25. The minimum atomic E-state index is -0.0951. The molecule has 0 aliphatic carbocycles. The zero-order chi connectivity index (χ0) is 75.0. The first-order valence-electron chi connectivity index (χ1n) is 36.2. The molecule has 0 fully saturated rings. The van der Waals surface area contributed by atoms with Gasteiger partial charge in [0.15, 0.2) is 0 Å². The lowest BCUT2D eigenvalue weighted by molar-refractivity contribution is 0.414. The first-order valence-corrected chi connectivity index (χ1v) is 37.7. The molecule has 0 aromatic heterocycles. The maximum absolute atomic E-state index is 6.11. The summed E-state index contributed by atoms with van der Waals surface area (Å²) in [6.07, 6.45) is -0.290. The van der Waals surface area contributed by atoms with Crippen molar-refractivity contribution in [3.05, 3.63) is 375 Å². The second kappa shape index (κ2) is 35.3. The molecule has 108 heavy (non-hydrogen) atoms. The lowest BCUT2D eigenvalue weighted by Gasteiger charge is -2.30. The Kier molecular flexibility index (Phi) is 24.4. The van der Waals surface area contributed by atoms with Gasteiger partial charge in [-0.3, -0.25) is 20.0 Å². The van der Waals surface area contributed by atoms with Crippen LogP contribution in [0.3, 0.4) is 0 Å². The van der Waals surface area contributed by atoms with Gasteiger partial charge in [-0.05, 0) is 228 Å². The number of ether oxygens (including phenoxy) is 5. The van der Waals surface area contributed by atoms with Crippen molar-refractivity contribution in [1.82, 2.24) is 0 Å². The van der Waals surface area contributed by atoms with Crippen LogP contribution in [0.25, 0.3) is 0 Å². The molecule has 15 heteroatoms. The van der Waals surface area contributed by atoms with E-state index in [0.29, 0.717) is 0 Å². The first kappa shape index (κ1) is 74.8. The fourth-order valence-electron chi connectivity index (χ4n) is 14.4.